The van der Waals surface area contributed by atoms with Crippen LogP contribution < -0.4 is 9.80 Å². The van der Waals surface area contributed by atoms with Gasteiger partial charge in [0.05, 0.1) is 40.8 Å². The Hall–Kier alpha value is -3.46. The van der Waals surface area contributed by atoms with Crippen LogP contribution in [0, 0.1) is 24.7 Å². The molecule has 4 aliphatic rings. The largest absolute Gasteiger partial charge is 0.394 e. The van der Waals surface area contributed by atoms with Gasteiger partial charge in [-0.25, -0.2) is 0 Å². The zero-order valence-corrected chi connectivity index (χ0v) is 26.4. The summed E-state index contributed by atoms with van der Waals surface area (Å²) in [4.78, 5) is 49.4. The third kappa shape index (κ3) is 4.37. The van der Waals surface area contributed by atoms with E-state index in [9.17, 15) is 19.5 Å². The Morgan fingerprint density at radius 3 is 2.30 bits per heavy atom. The first-order valence-electron chi connectivity index (χ1n) is 15.6. The Balaban J connectivity index is 1.55. The summed E-state index contributed by atoms with van der Waals surface area (Å²) >= 11 is 6.69. The maximum absolute atomic E-state index is 14.9. The average molecular weight is 618 g/mol. The van der Waals surface area contributed by atoms with E-state index in [1.165, 1.54) is 0 Å². The van der Waals surface area contributed by atoms with Crippen molar-refractivity contribution in [3.63, 3.8) is 0 Å². The first-order chi connectivity index (χ1) is 21.2. The maximum atomic E-state index is 14.9. The zero-order chi connectivity index (χ0) is 31.4. The van der Waals surface area contributed by atoms with E-state index in [4.69, 9.17) is 16.3 Å². The molecule has 0 aliphatic carbocycles. The van der Waals surface area contributed by atoms with Gasteiger partial charge in [-0.15, -0.1) is 0 Å². The molecule has 4 heterocycles. The minimum Gasteiger partial charge on any atom is -0.394 e. The summed E-state index contributed by atoms with van der Waals surface area (Å²) in [7, 11) is 0. The molecule has 4 aliphatic heterocycles. The van der Waals surface area contributed by atoms with Gasteiger partial charge in [0.15, 0.2) is 0 Å². The topological polar surface area (TPSA) is 90.4 Å². The van der Waals surface area contributed by atoms with Crippen LogP contribution in [0.15, 0.2) is 72.8 Å². The fourth-order valence-electron chi connectivity index (χ4n) is 7.88. The van der Waals surface area contributed by atoms with Crippen molar-refractivity contribution in [1.29, 1.82) is 0 Å². The molecule has 2 aromatic rings. The predicted octanol–water partition coefficient (Wildman–Crippen LogP) is 4.92. The van der Waals surface area contributed by atoms with Crippen molar-refractivity contribution in [2.45, 2.75) is 63.8 Å². The van der Waals surface area contributed by atoms with Gasteiger partial charge in [-0.3, -0.25) is 14.4 Å². The number of nitrogens with zero attached hydrogens (tertiary/aromatic N) is 3. The lowest BCUT2D eigenvalue weighted by molar-refractivity contribution is -0.150. The second kappa shape index (κ2) is 11.5. The lowest BCUT2D eigenvalue weighted by atomic mass is 9.73. The number of aliphatic hydroxyl groups is 1. The molecule has 8 nitrogen and oxygen atoms in total. The number of aryl methyl sites for hydroxylation is 1. The molecule has 2 aromatic carbocycles. The van der Waals surface area contributed by atoms with Gasteiger partial charge in [-0.05, 0) is 43.0 Å². The number of anilines is 2. The molecule has 9 heteroatoms. The van der Waals surface area contributed by atoms with Crippen molar-refractivity contribution in [1.82, 2.24) is 4.90 Å². The number of halogens is 1. The van der Waals surface area contributed by atoms with E-state index < -0.39 is 35.1 Å². The van der Waals surface area contributed by atoms with E-state index in [-0.39, 0.29) is 36.8 Å². The van der Waals surface area contributed by atoms with Crippen molar-refractivity contribution < 1.29 is 24.2 Å². The molecule has 0 bridgehead atoms. The number of rotatable bonds is 7. The van der Waals surface area contributed by atoms with E-state index in [0.717, 1.165) is 11.3 Å². The van der Waals surface area contributed by atoms with E-state index in [1.807, 2.05) is 94.5 Å². The standard InChI is InChI=1S/C35H40ClN3O5/c1-5-22(3)26(21-40)39-30-33(43)38(29-23(4)13-10-16-25(29)36)20-12-18-35(30)28(32(39)42)27-31(41)37(24-14-8-7-9-15-24)19-11-17-34(27,6-2)44-35/h7-18,22,26-28,30,40H,5-6,19-21H2,1-4H3/t22-,26-,27+,28-,30?,34-,35-/m0/s1. The smallest absolute Gasteiger partial charge is 0.253 e. The normalized spacial score (nSPS) is 31.0. The molecule has 0 aromatic heterocycles. The van der Waals surface area contributed by atoms with Gasteiger partial charge in [0.1, 0.15) is 11.6 Å². The third-order valence-electron chi connectivity index (χ3n) is 10.2. The molecule has 232 valence electrons. The Morgan fingerprint density at radius 2 is 1.64 bits per heavy atom. The van der Waals surface area contributed by atoms with Gasteiger partial charge in [0.2, 0.25) is 11.8 Å². The summed E-state index contributed by atoms with van der Waals surface area (Å²) in [6, 6.07) is 13.1. The van der Waals surface area contributed by atoms with Crippen LogP contribution in [-0.4, -0.2) is 70.7 Å². The van der Waals surface area contributed by atoms with Crippen LogP contribution in [0.25, 0.3) is 0 Å². The number of fused-ring (bicyclic) bond motifs is 2. The molecule has 2 fully saturated rings. The molecule has 2 saturated heterocycles. The highest BCUT2D eigenvalue weighted by Gasteiger charge is 2.76. The lowest BCUT2D eigenvalue weighted by Crippen LogP contribution is -2.60. The summed E-state index contributed by atoms with van der Waals surface area (Å²) in [5, 5.41) is 11.1. The number of likely N-dealkylation sites (tertiary alicyclic amines) is 1. The number of para-hydroxylation sites is 2. The number of carbonyl (C=O) groups is 3. The number of hydrogen-bond acceptors (Lipinski definition) is 5. The molecule has 7 atom stereocenters. The van der Waals surface area contributed by atoms with E-state index in [0.29, 0.717) is 30.1 Å². The minimum absolute atomic E-state index is 0.114. The van der Waals surface area contributed by atoms with Crippen molar-refractivity contribution >= 4 is 40.7 Å². The number of benzene rings is 2. The second-order valence-corrected chi connectivity index (χ2v) is 12.9. The highest BCUT2D eigenvalue weighted by molar-refractivity contribution is 6.34. The van der Waals surface area contributed by atoms with Crippen LogP contribution in [-0.2, 0) is 19.1 Å². The second-order valence-electron chi connectivity index (χ2n) is 12.4. The maximum Gasteiger partial charge on any atom is 0.253 e. The summed E-state index contributed by atoms with van der Waals surface area (Å²) in [6.45, 7) is 8.05. The van der Waals surface area contributed by atoms with E-state index in [1.54, 1.807) is 20.8 Å². The minimum atomic E-state index is -1.43. The number of aliphatic hydroxyl groups excluding tert-OH is 1. The Labute approximate surface area is 263 Å². The summed E-state index contributed by atoms with van der Waals surface area (Å²) in [5.41, 5.74) is -0.406. The molecule has 1 spiro atoms. The number of amides is 3. The molecule has 1 unspecified atom stereocenters. The SMILES string of the molecule is CC[C@H](C)[C@H](CO)N1C(=O)[C@@H]2[C@@H]3C(=O)N(c4ccccc4)CC=C[C@]3(CC)O[C@@]23C=CCN(c2c(C)cccc2Cl)C(=O)C13. The fourth-order valence-corrected chi connectivity index (χ4v) is 8.20. The molecular formula is C35H40ClN3O5. The van der Waals surface area contributed by atoms with Crippen molar-refractivity contribution in [3.8, 4) is 0 Å². The van der Waals surface area contributed by atoms with Crippen LogP contribution in [0.2, 0.25) is 5.02 Å². The Morgan fingerprint density at radius 1 is 0.932 bits per heavy atom. The lowest BCUT2D eigenvalue weighted by Gasteiger charge is -2.42. The summed E-state index contributed by atoms with van der Waals surface area (Å²) in [5.74, 6) is -2.87. The van der Waals surface area contributed by atoms with Gasteiger partial charge in [0, 0.05) is 18.8 Å². The highest BCUT2D eigenvalue weighted by Crippen LogP contribution is 2.59. The third-order valence-corrected chi connectivity index (χ3v) is 10.6. The molecule has 1 N–H and O–H groups in total. The monoisotopic (exact) mass is 617 g/mol. The molecule has 6 rings (SSSR count). The first kappa shape index (κ1) is 30.6. The van der Waals surface area contributed by atoms with Gasteiger partial charge in [-0.2, -0.15) is 0 Å². The molecule has 0 saturated carbocycles. The number of carbonyl (C=O) groups excluding carboxylic acids is 3. The van der Waals surface area contributed by atoms with Gasteiger partial charge in [0.25, 0.3) is 5.91 Å². The van der Waals surface area contributed by atoms with E-state index >= 15 is 0 Å². The molecule has 44 heavy (non-hydrogen) atoms. The van der Waals surface area contributed by atoms with Gasteiger partial charge >= 0.3 is 0 Å². The highest BCUT2D eigenvalue weighted by atomic mass is 35.5. The zero-order valence-electron chi connectivity index (χ0n) is 25.7. The van der Waals surface area contributed by atoms with Gasteiger partial charge < -0.3 is 24.5 Å². The summed E-state index contributed by atoms with van der Waals surface area (Å²) in [6.07, 6.45) is 8.68. The number of hydrogen-bond donors (Lipinski definition) is 1. The molecule has 3 amide bonds. The van der Waals surface area contributed by atoms with Crippen LogP contribution in [0.1, 0.15) is 39.2 Å². The fraction of sp³-hybridized carbons (Fsp3) is 0.457. The Bertz CT molecular complexity index is 1510. The quantitative estimate of drug-likeness (QED) is 0.446. The number of ether oxygens (including phenoxy) is 1. The predicted molar refractivity (Wildman–Crippen MR) is 170 cm³/mol. The van der Waals surface area contributed by atoms with Crippen LogP contribution in [0.5, 0.6) is 0 Å². The van der Waals surface area contributed by atoms with Crippen LogP contribution >= 0.6 is 11.6 Å². The van der Waals surface area contributed by atoms with E-state index in [2.05, 4.69) is 0 Å². The van der Waals surface area contributed by atoms with Crippen LogP contribution in [0.4, 0.5) is 11.4 Å². The first-order valence-corrected chi connectivity index (χ1v) is 15.9. The van der Waals surface area contributed by atoms with Crippen molar-refractivity contribution in [3.05, 3.63) is 83.4 Å². The van der Waals surface area contributed by atoms with Crippen molar-refractivity contribution in [2.75, 3.05) is 29.5 Å². The van der Waals surface area contributed by atoms with Gasteiger partial charge in [-0.1, -0.05) is 93.4 Å². The van der Waals surface area contributed by atoms with Crippen LogP contribution in [0.3, 0.4) is 0 Å². The van der Waals surface area contributed by atoms with Crippen molar-refractivity contribution in [2.24, 2.45) is 17.8 Å². The Kier molecular flexibility index (Phi) is 7.97. The average Bonchev–Trinajstić information content (AvgIpc) is 3.31. The molecule has 0 radical (unpaired) electrons. The molecular weight excluding hydrogens is 578 g/mol. The summed E-state index contributed by atoms with van der Waals surface area (Å²) < 4.78 is 7.11.